The van der Waals surface area contributed by atoms with E-state index in [9.17, 15) is 0 Å². The molecule has 0 unspecified atom stereocenters. The fourth-order valence-corrected chi connectivity index (χ4v) is 2.56. The van der Waals surface area contributed by atoms with Crippen LogP contribution in [0.15, 0.2) is 36.4 Å². The maximum atomic E-state index is 5.78. The minimum absolute atomic E-state index is 0.395. The average molecular weight is 285 g/mol. The molecule has 0 saturated carbocycles. The Morgan fingerprint density at radius 1 is 1.15 bits per heavy atom. The van der Waals surface area contributed by atoms with Crippen molar-refractivity contribution in [3.8, 4) is 17.6 Å². The normalized spacial score (nSPS) is 10.2. The molecule has 1 aromatic heterocycles. The van der Waals surface area contributed by atoms with E-state index in [1.165, 1.54) is 10.4 Å². The molecular weight excluding hydrogens is 266 g/mol. The predicted molar refractivity (Wildman–Crippen MR) is 85.1 cm³/mol. The Morgan fingerprint density at radius 3 is 2.55 bits per heavy atom. The van der Waals surface area contributed by atoms with Gasteiger partial charge in [-0.2, -0.15) is 0 Å². The molecule has 2 nitrogen and oxygen atoms in total. The summed E-state index contributed by atoms with van der Waals surface area (Å²) in [4.78, 5) is 2.20. The van der Waals surface area contributed by atoms with Crippen LogP contribution < -0.4 is 10.5 Å². The quantitative estimate of drug-likeness (QED) is 0.868. The Morgan fingerprint density at radius 2 is 1.90 bits per heavy atom. The largest absolute Gasteiger partial charge is 0.488 e. The second-order valence-corrected chi connectivity index (χ2v) is 5.95. The van der Waals surface area contributed by atoms with Gasteiger partial charge in [-0.15, -0.1) is 11.3 Å². The lowest BCUT2D eigenvalue weighted by molar-refractivity contribution is 0.309. The highest BCUT2D eigenvalue weighted by atomic mass is 32.1. The molecule has 1 aromatic carbocycles. The maximum absolute atomic E-state index is 5.78. The van der Waals surface area contributed by atoms with Crippen LogP contribution in [0.1, 0.15) is 35.1 Å². The molecule has 0 spiro atoms. The molecular formula is C17H19NOS. The molecule has 3 heteroatoms. The zero-order valence-electron chi connectivity index (χ0n) is 11.8. The lowest BCUT2D eigenvalue weighted by atomic mass is 10.0. The summed E-state index contributed by atoms with van der Waals surface area (Å²) in [5, 5.41) is 0. The predicted octanol–water partition coefficient (Wildman–Crippen LogP) is 3.76. The molecule has 2 N–H and O–H groups in total. The Balaban J connectivity index is 1.93. The van der Waals surface area contributed by atoms with Crippen LogP contribution in [-0.2, 0) is 6.61 Å². The Kier molecular flexibility index (Phi) is 5.23. The van der Waals surface area contributed by atoms with Crippen molar-refractivity contribution in [1.82, 2.24) is 0 Å². The third-order valence-electron chi connectivity index (χ3n) is 2.90. The van der Waals surface area contributed by atoms with Crippen molar-refractivity contribution in [3.63, 3.8) is 0 Å². The number of thiophene rings is 1. The van der Waals surface area contributed by atoms with Crippen LogP contribution in [0.4, 0.5) is 0 Å². The van der Waals surface area contributed by atoms with Gasteiger partial charge in [0.05, 0.1) is 11.4 Å². The molecule has 1 heterocycles. The third-order valence-corrected chi connectivity index (χ3v) is 3.88. The lowest BCUT2D eigenvalue weighted by Gasteiger charge is -2.08. The van der Waals surface area contributed by atoms with Crippen molar-refractivity contribution in [2.75, 3.05) is 6.54 Å². The molecule has 20 heavy (non-hydrogen) atoms. The van der Waals surface area contributed by atoms with Crippen LogP contribution >= 0.6 is 11.3 Å². The van der Waals surface area contributed by atoms with E-state index in [0.717, 1.165) is 10.6 Å². The minimum atomic E-state index is 0.395. The van der Waals surface area contributed by atoms with E-state index in [1.807, 2.05) is 24.3 Å². The number of hydrogen-bond donors (Lipinski definition) is 1. The van der Waals surface area contributed by atoms with Gasteiger partial charge in [-0.25, -0.2) is 0 Å². The van der Waals surface area contributed by atoms with Crippen LogP contribution in [0, 0.1) is 11.8 Å². The molecule has 0 aliphatic rings. The standard InChI is InChI=1S/C17H19NOS/c1-13(2)14-5-7-15(8-6-14)19-12-17-10-9-16(20-17)4-3-11-18/h5-10,13H,11-12,18H2,1-2H3. The van der Waals surface area contributed by atoms with Gasteiger partial charge >= 0.3 is 0 Å². The molecule has 0 aliphatic heterocycles. The number of nitrogens with two attached hydrogens (primary N) is 1. The minimum Gasteiger partial charge on any atom is -0.488 e. The number of ether oxygens (including phenoxy) is 1. The molecule has 0 aliphatic carbocycles. The first kappa shape index (κ1) is 14.6. The highest BCUT2D eigenvalue weighted by Gasteiger charge is 2.02. The second-order valence-electron chi connectivity index (χ2n) is 4.78. The summed E-state index contributed by atoms with van der Waals surface area (Å²) in [7, 11) is 0. The number of benzene rings is 1. The number of rotatable bonds is 4. The molecule has 0 bridgehead atoms. The lowest BCUT2D eigenvalue weighted by Crippen LogP contribution is -1.93. The van der Waals surface area contributed by atoms with Gasteiger partial charge in [0.2, 0.25) is 0 Å². The van der Waals surface area contributed by atoms with Crippen molar-refractivity contribution >= 4 is 11.3 Å². The van der Waals surface area contributed by atoms with Crippen molar-refractivity contribution in [3.05, 3.63) is 51.7 Å². The second kappa shape index (κ2) is 7.14. The van der Waals surface area contributed by atoms with Crippen molar-refractivity contribution in [2.24, 2.45) is 5.73 Å². The Hall–Kier alpha value is -1.76. The zero-order chi connectivity index (χ0) is 14.4. The number of hydrogen-bond acceptors (Lipinski definition) is 3. The smallest absolute Gasteiger partial charge is 0.122 e. The van der Waals surface area contributed by atoms with Crippen LogP contribution in [0.2, 0.25) is 0 Å². The van der Waals surface area contributed by atoms with E-state index < -0.39 is 0 Å². The molecule has 0 amide bonds. The molecule has 0 radical (unpaired) electrons. The fourth-order valence-electron chi connectivity index (χ4n) is 1.76. The highest BCUT2D eigenvalue weighted by molar-refractivity contribution is 7.12. The summed E-state index contributed by atoms with van der Waals surface area (Å²) < 4.78 is 5.78. The highest BCUT2D eigenvalue weighted by Crippen LogP contribution is 2.21. The first-order chi connectivity index (χ1) is 9.69. The summed E-state index contributed by atoms with van der Waals surface area (Å²) in [6.07, 6.45) is 0. The molecule has 0 atom stereocenters. The van der Waals surface area contributed by atoms with E-state index in [1.54, 1.807) is 11.3 Å². The summed E-state index contributed by atoms with van der Waals surface area (Å²) >= 11 is 1.65. The van der Waals surface area contributed by atoms with E-state index in [0.29, 0.717) is 19.1 Å². The first-order valence-corrected chi connectivity index (χ1v) is 7.51. The van der Waals surface area contributed by atoms with Gasteiger partial charge in [0, 0.05) is 4.88 Å². The fraction of sp³-hybridized carbons (Fsp3) is 0.294. The summed E-state index contributed by atoms with van der Waals surface area (Å²) in [5.41, 5.74) is 6.68. The van der Waals surface area contributed by atoms with Gasteiger partial charge in [-0.1, -0.05) is 37.8 Å². The Labute approximate surface area is 124 Å². The summed E-state index contributed by atoms with van der Waals surface area (Å²) in [5.74, 6) is 7.33. The average Bonchev–Trinajstić information content (AvgIpc) is 2.91. The van der Waals surface area contributed by atoms with Gasteiger partial charge in [0.15, 0.2) is 0 Å². The Bertz CT molecular complexity index is 602. The summed E-state index contributed by atoms with van der Waals surface area (Å²) in [6.45, 7) is 5.35. The van der Waals surface area contributed by atoms with Gasteiger partial charge in [-0.05, 0) is 35.7 Å². The molecule has 0 fully saturated rings. The van der Waals surface area contributed by atoms with Gasteiger partial charge in [-0.3, -0.25) is 0 Å². The van der Waals surface area contributed by atoms with E-state index in [4.69, 9.17) is 10.5 Å². The first-order valence-electron chi connectivity index (χ1n) is 6.69. The summed E-state index contributed by atoms with van der Waals surface area (Å²) in [6, 6.07) is 12.3. The van der Waals surface area contributed by atoms with Crippen molar-refractivity contribution in [1.29, 1.82) is 0 Å². The van der Waals surface area contributed by atoms with Crippen LogP contribution in [0.3, 0.4) is 0 Å². The topological polar surface area (TPSA) is 35.2 Å². The van der Waals surface area contributed by atoms with E-state index in [-0.39, 0.29) is 0 Å². The monoisotopic (exact) mass is 285 g/mol. The molecule has 2 rings (SSSR count). The zero-order valence-corrected chi connectivity index (χ0v) is 12.7. The van der Waals surface area contributed by atoms with Crippen molar-refractivity contribution < 1.29 is 4.74 Å². The van der Waals surface area contributed by atoms with Crippen LogP contribution in [0.5, 0.6) is 5.75 Å². The molecule has 0 saturated heterocycles. The van der Waals surface area contributed by atoms with Gasteiger partial charge < -0.3 is 10.5 Å². The van der Waals surface area contributed by atoms with Crippen molar-refractivity contribution in [2.45, 2.75) is 26.4 Å². The van der Waals surface area contributed by atoms with Gasteiger partial charge in [0.1, 0.15) is 12.4 Å². The maximum Gasteiger partial charge on any atom is 0.122 e. The van der Waals surface area contributed by atoms with E-state index in [2.05, 4.69) is 37.8 Å². The third kappa shape index (κ3) is 4.12. The SMILES string of the molecule is CC(C)c1ccc(OCc2ccc(C#CCN)s2)cc1. The van der Waals surface area contributed by atoms with Gasteiger partial charge in [0.25, 0.3) is 0 Å². The van der Waals surface area contributed by atoms with Crippen LogP contribution in [-0.4, -0.2) is 6.54 Å². The van der Waals surface area contributed by atoms with E-state index >= 15 is 0 Å². The molecule has 104 valence electrons. The molecule has 2 aromatic rings. The van der Waals surface area contributed by atoms with Crippen LogP contribution in [0.25, 0.3) is 0 Å².